The predicted octanol–water partition coefficient (Wildman–Crippen LogP) is 2.74. The van der Waals surface area contributed by atoms with Crippen LogP contribution < -0.4 is 5.32 Å². The molecule has 0 aromatic carbocycles. The number of H-pyrrole nitrogens is 1. The number of carbonyl (C=O) groups is 1. The van der Waals surface area contributed by atoms with E-state index in [1.807, 2.05) is 38.7 Å². The molecule has 2 atom stereocenters. The third-order valence-corrected chi connectivity index (χ3v) is 4.49. The van der Waals surface area contributed by atoms with E-state index in [0.29, 0.717) is 24.2 Å². The van der Waals surface area contributed by atoms with Crippen LogP contribution >= 0.6 is 0 Å². The fraction of sp³-hybridized carbons (Fsp3) is 0.647. The average molecular weight is 346 g/mol. The van der Waals surface area contributed by atoms with Gasteiger partial charge >= 0.3 is 6.03 Å². The maximum absolute atomic E-state index is 12.6. The number of aromatic nitrogens is 4. The molecule has 1 saturated heterocycles. The lowest BCUT2D eigenvalue weighted by Gasteiger charge is -2.32. The van der Waals surface area contributed by atoms with Gasteiger partial charge in [0.15, 0.2) is 5.82 Å². The van der Waals surface area contributed by atoms with E-state index in [2.05, 4.69) is 25.7 Å². The summed E-state index contributed by atoms with van der Waals surface area (Å²) >= 11 is 0. The molecule has 0 spiro atoms. The Balaban J connectivity index is 1.60. The van der Waals surface area contributed by atoms with Gasteiger partial charge in [-0.1, -0.05) is 25.9 Å². The number of nitrogens with one attached hydrogen (secondary N) is 2. The Morgan fingerprint density at radius 2 is 2.28 bits per heavy atom. The third kappa shape index (κ3) is 4.00. The van der Waals surface area contributed by atoms with Crippen molar-refractivity contribution in [1.29, 1.82) is 0 Å². The van der Waals surface area contributed by atoms with Gasteiger partial charge in [0.1, 0.15) is 6.04 Å². The van der Waals surface area contributed by atoms with Crippen molar-refractivity contribution in [2.75, 3.05) is 13.1 Å². The summed E-state index contributed by atoms with van der Waals surface area (Å²) < 4.78 is 5.31. The standard InChI is InChI=1S/C17H26N6O2/c1-11(14-20-15(22-25-14)17(2,3)4)19-16(24)23-9-5-6-12(10-23)13-7-8-18-21-13/h7-8,11-12H,5-6,9-10H2,1-4H3,(H,18,21)(H,19,24)/t11-,12-/m0/s1. The van der Waals surface area contributed by atoms with E-state index < -0.39 is 0 Å². The first-order valence-corrected chi connectivity index (χ1v) is 8.73. The highest BCUT2D eigenvalue weighted by Crippen LogP contribution is 2.26. The van der Waals surface area contributed by atoms with Gasteiger partial charge in [0, 0.05) is 36.3 Å². The van der Waals surface area contributed by atoms with Crippen LogP contribution in [0.5, 0.6) is 0 Å². The van der Waals surface area contributed by atoms with Gasteiger partial charge in [-0.2, -0.15) is 10.1 Å². The molecule has 2 N–H and O–H groups in total. The number of hydrogen-bond acceptors (Lipinski definition) is 5. The molecule has 8 nitrogen and oxygen atoms in total. The zero-order valence-corrected chi connectivity index (χ0v) is 15.2. The minimum Gasteiger partial charge on any atom is -0.337 e. The molecular formula is C17H26N6O2. The van der Waals surface area contributed by atoms with Crippen LogP contribution in [0.25, 0.3) is 0 Å². The van der Waals surface area contributed by atoms with Gasteiger partial charge in [-0.3, -0.25) is 5.10 Å². The number of aromatic amines is 1. The SMILES string of the molecule is C[C@H](NC(=O)N1CCC[C@H](c2ccn[nH]2)C1)c1nc(C(C)(C)C)no1. The van der Waals surface area contributed by atoms with Crippen LogP contribution in [0, 0.1) is 0 Å². The lowest BCUT2D eigenvalue weighted by molar-refractivity contribution is 0.173. The van der Waals surface area contributed by atoms with E-state index in [1.165, 1.54) is 0 Å². The van der Waals surface area contributed by atoms with Crippen molar-refractivity contribution in [3.8, 4) is 0 Å². The van der Waals surface area contributed by atoms with Crippen LogP contribution in [-0.2, 0) is 5.41 Å². The first-order chi connectivity index (χ1) is 11.8. The summed E-state index contributed by atoms with van der Waals surface area (Å²) in [5, 5.41) is 14.0. The predicted molar refractivity (Wildman–Crippen MR) is 92.1 cm³/mol. The molecule has 136 valence electrons. The second-order valence-corrected chi connectivity index (χ2v) is 7.67. The van der Waals surface area contributed by atoms with Crippen molar-refractivity contribution < 1.29 is 9.32 Å². The molecule has 1 aliphatic rings. The Kier molecular flexibility index (Phi) is 4.78. The molecular weight excluding hydrogens is 320 g/mol. The monoisotopic (exact) mass is 346 g/mol. The van der Waals surface area contributed by atoms with E-state index in [9.17, 15) is 4.79 Å². The molecule has 3 rings (SSSR count). The number of carbonyl (C=O) groups excluding carboxylic acids is 1. The van der Waals surface area contributed by atoms with Crippen LogP contribution in [0.3, 0.4) is 0 Å². The van der Waals surface area contributed by atoms with Crippen molar-refractivity contribution in [3.05, 3.63) is 29.7 Å². The Morgan fingerprint density at radius 3 is 2.92 bits per heavy atom. The van der Waals surface area contributed by atoms with Crippen LogP contribution in [0.4, 0.5) is 4.79 Å². The molecule has 0 saturated carbocycles. The van der Waals surface area contributed by atoms with E-state index >= 15 is 0 Å². The number of amides is 2. The third-order valence-electron chi connectivity index (χ3n) is 4.49. The molecule has 0 bridgehead atoms. The minimum atomic E-state index is -0.330. The quantitative estimate of drug-likeness (QED) is 0.890. The van der Waals surface area contributed by atoms with Gasteiger partial charge in [0.05, 0.1) is 0 Å². The summed E-state index contributed by atoms with van der Waals surface area (Å²) in [6.07, 6.45) is 3.78. The molecule has 1 aliphatic heterocycles. The van der Waals surface area contributed by atoms with Crippen molar-refractivity contribution in [2.45, 2.75) is 57.9 Å². The topological polar surface area (TPSA) is 99.9 Å². The number of rotatable bonds is 3. The molecule has 25 heavy (non-hydrogen) atoms. The second kappa shape index (κ2) is 6.85. The van der Waals surface area contributed by atoms with E-state index in [4.69, 9.17) is 4.52 Å². The van der Waals surface area contributed by atoms with Crippen LogP contribution in [0.15, 0.2) is 16.8 Å². The summed E-state index contributed by atoms with van der Waals surface area (Å²) in [5.74, 6) is 1.37. The summed E-state index contributed by atoms with van der Waals surface area (Å²) in [7, 11) is 0. The maximum Gasteiger partial charge on any atom is 0.318 e. The summed E-state index contributed by atoms with van der Waals surface area (Å²) in [5.41, 5.74) is 0.896. The number of nitrogens with zero attached hydrogens (tertiary/aromatic N) is 4. The lowest BCUT2D eigenvalue weighted by Crippen LogP contribution is -2.45. The number of likely N-dealkylation sites (tertiary alicyclic amines) is 1. The smallest absolute Gasteiger partial charge is 0.318 e. The van der Waals surface area contributed by atoms with Crippen molar-refractivity contribution in [3.63, 3.8) is 0 Å². The minimum absolute atomic E-state index is 0.104. The zero-order chi connectivity index (χ0) is 18.0. The van der Waals surface area contributed by atoms with Gasteiger partial charge in [-0.05, 0) is 25.8 Å². The summed E-state index contributed by atoms with van der Waals surface area (Å²) in [4.78, 5) is 18.9. The number of urea groups is 1. The maximum atomic E-state index is 12.6. The van der Waals surface area contributed by atoms with Gasteiger partial charge in [0.2, 0.25) is 5.89 Å². The normalized spacial score (nSPS) is 19.7. The Bertz CT molecular complexity index is 703. The Labute approximate surface area is 147 Å². The summed E-state index contributed by atoms with van der Waals surface area (Å²) in [6, 6.07) is 1.54. The Hall–Kier alpha value is -2.38. The van der Waals surface area contributed by atoms with Crippen molar-refractivity contribution in [2.24, 2.45) is 0 Å². The molecule has 0 unspecified atom stereocenters. The molecule has 0 radical (unpaired) electrons. The number of piperidine rings is 1. The van der Waals surface area contributed by atoms with Gasteiger partial charge < -0.3 is 14.7 Å². The van der Waals surface area contributed by atoms with E-state index in [-0.39, 0.29) is 17.5 Å². The molecule has 1 fully saturated rings. The molecule has 2 aromatic heterocycles. The molecule has 2 amide bonds. The van der Waals surface area contributed by atoms with Crippen molar-refractivity contribution in [1.82, 2.24) is 30.6 Å². The second-order valence-electron chi connectivity index (χ2n) is 7.67. The Morgan fingerprint density at radius 1 is 1.48 bits per heavy atom. The fourth-order valence-corrected chi connectivity index (χ4v) is 2.96. The largest absolute Gasteiger partial charge is 0.337 e. The van der Waals surface area contributed by atoms with Gasteiger partial charge in [0.25, 0.3) is 0 Å². The molecule has 3 heterocycles. The van der Waals surface area contributed by atoms with Gasteiger partial charge in [-0.15, -0.1) is 0 Å². The summed E-state index contributed by atoms with van der Waals surface area (Å²) in [6.45, 7) is 9.35. The highest BCUT2D eigenvalue weighted by Gasteiger charge is 2.28. The van der Waals surface area contributed by atoms with E-state index in [0.717, 1.165) is 25.1 Å². The average Bonchev–Trinajstić information content (AvgIpc) is 3.26. The fourth-order valence-electron chi connectivity index (χ4n) is 2.96. The zero-order valence-electron chi connectivity index (χ0n) is 15.2. The van der Waals surface area contributed by atoms with Crippen LogP contribution in [-0.4, -0.2) is 44.4 Å². The lowest BCUT2D eigenvalue weighted by atomic mass is 9.95. The molecule has 0 aliphatic carbocycles. The first kappa shape index (κ1) is 17.4. The van der Waals surface area contributed by atoms with Crippen LogP contribution in [0.1, 0.15) is 69.9 Å². The van der Waals surface area contributed by atoms with Crippen LogP contribution in [0.2, 0.25) is 0 Å². The molecule has 8 heteroatoms. The highest BCUT2D eigenvalue weighted by molar-refractivity contribution is 5.74. The number of hydrogen-bond donors (Lipinski definition) is 2. The first-order valence-electron chi connectivity index (χ1n) is 8.73. The van der Waals surface area contributed by atoms with Crippen molar-refractivity contribution >= 4 is 6.03 Å². The molecule has 2 aromatic rings. The van der Waals surface area contributed by atoms with Gasteiger partial charge in [-0.25, -0.2) is 4.79 Å². The van der Waals surface area contributed by atoms with E-state index in [1.54, 1.807) is 6.20 Å². The highest BCUT2D eigenvalue weighted by atomic mass is 16.5.